The van der Waals surface area contributed by atoms with Gasteiger partial charge >= 0.3 is 0 Å². The summed E-state index contributed by atoms with van der Waals surface area (Å²) in [6.07, 6.45) is 4.37. The molecule has 1 aromatic heterocycles. The van der Waals surface area contributed by atoms with Gasteiger partial charge in [0.05, 0.1) is 23.9 Å². The van der Waals surface area contributed by atoms with Crippen LogP contribution < -0.4 is 10.6 Å². The molecule has 0 amide bonds. The van der Waals surface area contributed by atoms with E-state index >= 15 is 0 Å². The second-order valence-electron chi connectivity index (χ2n) is 8.18. The zero-order valence-corrected chi connectivity index (χ0v) is 16.8. The van der Waals surface area contributed by atoms with Crippen molar-refractivity contribution in [1.29, 1.82) is 10.5 Å². The molecule has 3 N–H and O–H groups in total. The Balaban J connectivity index is 1.62. The molecule has 0 saturated heterocycles. The SMILES string of the molecule is CC1(C)C[C@H](Nc2nc(NCCc3ccc(C#N)cc3)ncc2C#N)CC[C@@H]1O. The molecule has 0 aliphatic heterocycles. The predicted molar refractivity (Wildman–Crippen MR) is 111 cm³/mol. The molecule has 1 heterocycles. The van der Waals surface area contributed by atoms with E-state index in [2.05, 4.69) is 46.6 Å². The molecule has 150 valence electrons. The van der Waals surface area contributed by atoms with Crippen LogP contribution in [0.25, 0.3) is 0 Å². The smallest absolute Gasteiger partial charge is 0.224 e. The quantitative estimate of drug-likeness (QED) is 0.693. The van der Waals surface area contributed by atoms with Crippen molar-refractivity contribution in [2.45, 2.75) is 51.7 Å². The van der Waals surface area contributed by atoms with Crippen molar-refractivity contribution in [3.8, 4) is 12.1 Å². The number of rotatable bonds is 6. The highest BCUT2D eigenvalue weighted by Crippen LogP contribution is 2.36. The van der Waals surface area contributed by atoms with Gasteiger partial charge in [-0.25, -0.2) is 4.98 Å². The fourth-order valence-corrected chi connectivity index (χ4v) is 3.66. The average molecular weight is 390 g/mol. The summed E-state index contributed by atoms with van der Waals surface area (Å²) in [7, 11) is 0. The molecule has 2 atom stereocenters. The maximum absolute atomic E-state index is 10.2. The molecule has 3 rings (SSSR count). The molecule has 0 radical (unpaired) electrons. The number of nitrogens with zero attached hydrogens (tertiary/aromatic N) is 4. The molecule has 0 spiro atoms. The largest absolute Gasteiger partial charge is 0.393 e. The number of anilines is 2. The Hall–Kier alpha value is -3.16. The fraction of sp³-hybridized carbons (Fsp3) is 0.455. The molecule has 1 fully saturated rings. The number of aliphatic hydroxyl groups excluding tert-OH is 1. The van der Waals surface area contributed by atoms with E-state index in [1.807, 2.05) is 12.1 Å². The third-order valence-corrected chi connectivity index (χ3v) is 5.49. The van der Waals surface area contributed by atoms with Crippen LogP contribution in [0.1, 0.15) is 49.8 Å². The summed E-state index contributed by atoms with van der Waals surface area (Å²) in [5.41, 5.74) is 2.00. The number of hydrogen-bond acceptors (Lipinski definition) is 7. The van der Waals surface area contributed by atoms with Crippen LogP contribution in [0.15, 0.2) is 30.5 Å². The Morgan fingerprint density at radius 3 is 2.59 bits per heavy atom. The third-order valence-electron chi connectivity index (χ3n) is 5.49. The molecule has 1 saturated carbocycles. The van der Waals surface area contributed by atoms with Gasteiger partial charge in [0.2, 0.25) is 5.95 Å². The Morgan fingerprint density at radius 1 is 1.17 bits per heavy atom. The van der Waals surface area contributed by atoms with Crippen molar-refractivity contribution in [2.75, 3.05) is 17.2 Å². The van der Waals surface area contributed by atoms with E-state index in [1.165, 1.54) is 6.20 Å². The van der Waals surface area contributed by atoms with Crippen LogP contribution in [-0.2, 0) is 6.42 Å². The van der Waals surface area contributed by atoms with Gasteiger partial charge in [0.25, 0.3) is 0 Å². The van der Waals surface area contributed by atoms with Crippen LogP contribution in [0.5, 0.6) is 0 Å². The minimum atomic E-state index is -0.305. The first kappa shape index (κ1) is 20.6. The van der Waals surface area contributed by atoms with Gasteiger partial charge < -0.3 is 15.7 Å². The van der Waals surface area contributed by atoms with Crippen molar-refractivity contribution in [3.63, 3.8) is 0 Å². The highest BCUT2D eigenvalue weighted by Gasteiger charge is 2.35. The number of aromatic nitrogens is 2. The minimum absolute atomic E-state index is 0.155. The Kier molecular flexibility index (Phi) is 6.31. The van der Waals surface area contributed by atoms with Gasteiger partial charge in [0, 0.05) is 12.6 Å². The van der Waals surface area contributed by atoms with Crippen molar-refractivity contribution >= 4 is 11.8 Å². The normalized spacial score (nSPS) is 20.3. The number of aliphatic hydroxyl groups is 1. The van der Waals surface area contributed by atoms with E-state index in [0.717, 1.165) is 31.2 Å². The van der Waals surface area contributed by atoms with E-state index in [-0.39, 0.29) is 17.6 Å². The summed E-state index contributed by atoms with van der Waals surface area (Å²) < 4.78 is 0. The summed E-state index contributed by atoms with van der Waals surface area (Å²) >= 11 is 0. The molecule has 1 aliphatic carbocycles. The summed E-state index contributed by atoms with van der Waals surface area (Å²) in [5, 5.41) is 35.0. The molecular formula is C22H26N6O. The van der Waals surface area contributed by atoms with Crippen LogP contribution in [0.4, 0.5) is 11.8 Å². The van der Waals surface area contributed by atoms with E-state index in [1.54, 1.807) is 12.1 Å². The molecule has 7 nitrogen and oxygen atoms in total. The second kappa shape index (κ2) is 8.89. The highest BCUT2D eigenvalue weighted by molar-refractivity contribution is 5.54. The molecule has 1 aliphatic rings. The lowest BCUT2D eigenvalue weighted by molar-refractivity contribution is 0.00926. The molecule has 2 aromatic rings. The maximum atomic E-state index is 10.2. The summed E-state index contributed by atoms with van der Waals surface area (Å²) in [5.74, 6) is 0.996. The van der Waals surface area contributed by atoms with E-state index < -0.39 is 0 Å². The third kappa shape index (κ3) is 5.22. The summed E-state index contributed by atoms with van der Waals surface area (Å²) in [6.45, 7) is 4.76. The molecule has 1 aromatic carbocycles. The van der Waals surface area contributed by atoms with E-state index in [0.29, 0.717) is 29.4 Å². The number of nitrogens with one attached hydrogen (secondary N) is 2. The zero-order valence-electron chi connectivity index (χ0n) is 16.8. The molecule has 0 bridgehead atoms. The predicted octanol–water partition coefficient (Wildman–Crippen LogP) is 3.23. The first-order chi connectivity index (χ1) is 13.9. The van der Waals surface area contributed by atoms with Crippen LogP contribution in [0.2, 0.25) is 0 Å². The first-order valence-corrected chi connectivity index (χ1v) is 9.86. The van der Waals surface area contributed by atoms with Crippen LogP contribution in [-0.4, -0.2) is 33.8 Å². The molecule has 29 heavy (non-hydrogen) atoms. The standard InChI is InChI=1S/C22H26N6O/c1-22(2)11-18(7-8-19(22)29)27-20-17(13-24)14-26-21(28-20)25-10-9-15-3-5-16(12-23)6-4-15/h3-6,14,18-19,29H,7-11H2,1-2H3,(H2,25,26,27,28)/t18-,19+/m1/s1. The van der Waals surface area contributed by atoms with Gasteiger partial charge in [-0.15, -0.1) is 0 Å². The highest BCUT2D eigenvalue weighted by atomic mass is 16.3. The number of hydrogen-bond donors (Lipinski definition) is 3. The summed E-state index contributed by atoms with van der Waals surface area (Å²) in [4.78, 5) is 8.74. The van der Waals surface area contributed by atoms with Crippen LogP contribution in [0, 0.1) is 28.1 Å². The Labute approximate surface area is 171 Å². The van der Waals surface area contributed by atoms with Crippen LogP contribution in [0.3, 0.4) is 0 Å². The minimum Gasteiger partial charge on any atom is -0.393 e. The number of benzene rings is 1. The van der Waals surface area contributed by atoms with Crippen molar-refractivity contribution in [2.24, 2.45) is 5.41 Å². The lowest BCUT2D eigenvalue weighted by Gasteiger charge is -2.40. The summed E-state index contributed by atoms with van der Waals surface area (Å²) in [6, 6.07) is 11.9. The van der Waals surface area contributed by atoms with E-state index in [4.69, 9.17) is 5.26 Å². The lowest BCUT2D eigenvalue weighted by Crippen LogP contribution is -2.41. The van der Waals surface area contributed by atoms with Crippen molar-refractivity contribution in [1.82, 2.24) is 9.97 Å². The van der Waals surface area contributed by atoms with Gasteiger partial charge in [-0.05, 0) is 48.8 Å². The topological polar surface area (TPSA) is 118 Å². The second-order valence-corrected chi connectivity index (χ2v) is 8.18. The molecule has 7 heteroatoms. The number of nitriles is 2. The molecule has 0 unspecified atom stereocenters. The maximum Gasteiger partial charge on any atom is 0.224 e. The van der Waals surface area contributed by atoms with Gasteiger partial charge in [0.1, 0.15) is 17.5 Å². The lowest BCUT2D eigenvalue weighted by atomic mass is 9.73. The van der Waals surface area contributed by atoms with Gasteiger partial charge in [-0.1, -0.05) is 26.0 Å². The Morgan fingerprint density at radius 2 is 1.93 bits per heavy atom. The van der Waals surface area contributed by atoms with Gasteiger partial charge in [0.15, 0.2) is 0 Å². The van der Waals surface area contributed by atoms with Crippen LogP contribution >= 0.6 is 0 Å². The Bertz CT molecular complexity index is 926. The van der Waals surface area contributed by atoms with E-state index in [9.17, 15) is 10.4 Å². The van der Waals surface area contributed by atoms with Gasteiger partial charge in [-0.2, -0.15) is 15.5 Å². The van der Waals surface area contributed by atoms with Crippen molar-refractivity contribution in [3.05, 3.63) is 47.2 Å². The van der Waals surface area contributed by atoms with Crippen molar-refractivity contribution < 1.29 is 5.11 Å². The average Bonchev–Trinajstić information content (AvgIpc) is 2.71. The molecular weight excluding hydrogens is 364 g/mol. The first-order valence-electron chi connectivity index (χ1n) is 9.86. The monoisotopic (exact) mass is 390 g/mol. The zero-order chi connectivity index (χ0) is 20.9. The fourth-order valence-electron chi connectivity index (χ4n) is 3.66. The van der Waals surface area contributed by atoms with Gasteiger partial charge in [-0.3, -0.25) is 0 Å².